The number of hydrogen-bond acceptors (Lipinski definition) is 16. The van der Waals surface area contributed by atoms with Gasteiger partial charge in [0.1, 0.15) is 34.6 Å². The molecule has 5 aromatic rings. The number of carboxylic acid groups (broad SMARTS) is 1. The summed E-state index contributed by atoms with van der Waals surface area (Å²) in [7, 11) is 4.46. The number of carbonyl (C=O) groups is 6. The predicted octanol–water partition coefficient (Wildman–Crippen LogP) is 6.85. The molecule has 384 valence electrons. The molecular formula is C44H42BrCl4F2N15O7. The van der Waals surface area contributed by atoms with Gasteiger partial charge in [-0.2, -0.15) is 20.4 Å². The van der Waals surface area contributed by atoms with Crippen LogP contribution in [-0.2, 0) is 40.5 Å². The zero-order chi connectivity index (χ0) is 53.8. The van der Waals surface area contributed by atoms with Crippen LogP contribution in [0.2, 0.25) is 20.4 Å². The SMILES string of the molecule is CN1N=C(C(=O)Nc2ccc(Cc3ccc(F)c(Cl)c3)nn2)CCC1=O.CN1N=C(C(=O)Nc2ccc(Cl)nn2)CCC1=O.CN1N=C(C(=O)O)CCC1=O.Fc1ccc(CBr)cc1Cl.Nc1ccc(Cl)nn1. The molecule has 0 aliphatic carbocycles. The average molecular weight is 1150 g/mol. The molecule has 5 N–H and O–H groups in total. The van der Waals surface area contributed by atoms with Gasteiger partial charge in [-0.05, 0) is 71.8 Å². The van der Waals surface area contributed by atoms with E-state index >= 15 is 0 Å². The van der Waals surface area contributed by atoms with Gasteiger partial charge in [0.2, 0.25) is 17.7 Å². The minimum atomic E-state index is -1.05. The van der Waals surface area contributed by atoms with Crippen molar-refractivity contribution in [1.29, 1.82) is 0 Å². The lowest BCUT2D eigenvalue weighted by atomic mass is 10.1. The quantitative estimate of drug-likeness (QED) is 0.116. The Bertz CT molecular complexity index is 2870. The van der Waals surface area contributed by atoms with Gasteiger partial charge in [0.05, 0.1) is 15.7 Å². The summed E-state index contributed by atoms with van der Waals surface area (Å²) in [5.41, 5.74) is 8.21. The van der Waals surface area contributed by atoms with Crippen molar-refractivity contribution in [3.05, 3.63) is 122 Å². The Labute approximate surface area is 443 Å². The molecule has 0 atom stereocenters. The molecule has 3 aliphatic heterocycles. The van der Waals surface area contributed by atoms with Gasteiger partial charge in [-0.3, -0.25) is 24.0 Å². The molecule has 0 bridgehead atoms. The average Bonchev–Trinajstić information content (AvgIpc) is 3.36. The number of nitrogens with two attached hydrogens (primary N) is 1. The van der Waals surface area contributed by atoms with E-state index in [1.54, 1.807) is 42.5 Å². The first kappa shape index (κ1) is 58.4. The van der Waals surface area contributed by atoms with Crippen molar-refractivity contribution in [3.63, 3.8) is 0 Å². The van der Waals surface area contributed by atoms with Crippen LogP contribution in [0.1, 0.15) is 55.3 Å². The molecule has 6 heterocycles. The summed E-state index contributed by atoms with van der Waals surface area (Å²) in [4.78, 5) is 67.7. The minimum absolute atomic E-state index is 0.0482. The molecule has 3 aromatic heterocycles. The van der Waals surface area contributed by atoms with Crippen LogP contribution < -0.4 is 16.4 Å². The van der Waals surface area contributed by atoms with Crippen molar-refractivity contribution in [2.24, 2.45) is 15.3 Å². The molecule has 2 aromatic carbocycles. The number of hydrogen-bond donors (Lipinski definition) is 4. The highest BCUT2D eigenvalue weighted by molar-refractivity contribution is 9.08. The van der Waals surface area contributed by atoms with E-state index in [0.717, 1.165) is 26.2 Å². The second-order valence-corrected chi connectivity index (χ2v) is 17.0. The number of aromatic nitrogens is 6. The first-order valence-electron chi connectivity index (χ1n) is 21.0. The lowest BCUT2D eigenvalue weighted by molar-refractivity contribution is -0.132. The van der Waals surface area contributed by atoms with Crippen LogP contribution in [0.3, 0.4) is 0 Å². The molecule has 0 saturated carbocycles. The largest absolute Gasteiger partial charge is 0.477 e. The van der Waals surface area contributed by atoms with E-state index < -0.39 is 23.6 Å². The van der Waals surface area contributed by atoms with Crippen molar-refractivity contribution in [2.45, 2.75) is 50.3 Å². The highest BCUT2D eigenvalue weighted by atomic mass is 79.9. The van der Waals surface area contributed by atoms with E-state index in [4.69, 9.17) is 57.2 Å². The van der Waals surface area contributed by atoms with Crippen molar-refractivity contribution in [1.82, 2.24) is 45.6 Å². The molecule has 0 unspecified atom stereocenters. The number of amides is 5. The molecule has 22 nitrogen and oxygen atoms in total. The number of rotatable bonds is 8. The number of carboxylic acids is 1. The first-order chi connectivity index (χ1) is 34.6. The molecule has 3 aliphatic rings. The predicted molar refractivity (Wildman–Crippen MR) is 272 cm³/mol. The Morgan fingerprint density at radius 2 is 1.01 bits per heavy atom. The first-order valence-corrected chi connectivity index (χ1v) is 23.6. The van der Waals surface area contributed by atoms with Crippen LogP contribution in [0, 0.1) is 11.6 Å². The fraction of sp³-hybridized carbons (Fsp3) is 0.250. The number of carbonyl (C=O) groups excluding carboxylic acids is 5. The third kappa shape index (κ3) is 19.7. The molecule has 0 radical (unpaired) electrons. The van der Waals surface area contributed by atoms with Gasteiger partial charge in [0.25, 0.3) is 11.8 Å². The van der Waals surface area contributed by atoms with Gasteiger partial charge >= 0.3 is 5.97 Å². The monoisotopic (exact) mass is 1150 g/mol. The molecular weight excluding hydrogens is 1110 g/mol. The van der Waals surface area contributed by atoms with Crippen LogP contribution in [0.25, 0.3) is 0 Å². The molecule has 73 heavy (non-hydrogen) atoms. The molecule has 0 saturated heterocycles. The Balaban J connectivity index is 0.000000213. The summed E-state index contributed by atoms with van der Waals surface area (Å²) < 4.78 is 25.7. The van der Waals surface area contributed by atoms with Crippen molar-refractivity contribution >= 4 is 132 Å². The van der Waals surface area contributed by atoms with Crippen molar-refractivity contribution in [2.75, 3.05) is 37.5 Å². The summed E-state index contributed by atoms with van der Waals surface area (Å²) in [6, 6.07) is 18.7. The summed E-state index contributed by atoms with van der Waals surface area (Å²) in [6.45, 7) is 0. The maximum Gasteiger partial charge on any atom is 0.352 e. The van der Waals surface area contributed by atoms with Gasteiger partial charge in [-0.1, -0.05) is 74.5 Å². The van der Waals surface area contributed by atoms with Crippen LogP contribution in [0.5, 0.6) is 0 Å². The number of anilines is 3. The number of nitrogens with zero attached hydrogens (tertiary/aromatic N) is 12. The second-order valence-electron chi connectivity index (χ2n) is 14.8. The highest BCUT2D eigenvalue weighted by Crippen LogP contribution is 2.20. The van der Waals surface area contributed by atoms with E-state index in [1.807, 2.05) is 0 Å². The Hall–Kier alpha value is -7.19. The fourth-order valence-electron chi connectivity index (χ4n) is 5.58. The maximum absolute atomic E-state index is 13.2. The summed E-state index contributed by atoms with van der Waals surface area (Å²) in [5.74, 6) is -2.16. The minimum Gasteiger partial charge on any atom is -0.477 e. The fourth-order valence-corrected chi connectivity index (χ4v) is 6.53. The summed E-state index contributed by atoms with van der Waals surface area (Å²) in [6.07, 6.45) is 2.02. The van der Waals surface area contributed by atoms with E-state index in [0.29, 0.717) is 34.8 Å². The third-order valence-electron chi connectivity index (χ3n) is 9.39. The molecule has 0 spiro atoms. The molecule has 5 amide bonds. The number of aliphatic carboxylic acids is 1. The Kier molecular flexibility index (Phi) is 23.0. The third-order valence-corrected chi connectivity index (χ3v) is 11.0. The number of alkyl halides is 1. The topological polar surface area (TPSA) is 297 Å². The lowest BCUT2D eigenvalue weighted by Gasteiger charge is -2.18. The lowest BCUT2D eigenvalue weighted by Crippen LogP contribution is -2.34. The van der Waals surface area contributed by atoms with E-state index in [9.17, 15) is 37.5 Å². The van der Waals surface area contributed by atoms with Crippen LogP contribution in [-0.4, -0.2) is 125 Å². The van der Waals surface area contributed by atoms with E-state index in [-0.39, 0.29) is 99.6 Å². The Morgan fingerprint density at radius 3 is 1.40 bits per heavy atom. The number of nitrogens with one attached hydrogen (secondary N) is 2. The van der Waals surface area contributed by atoms with Gasteiger partial charge in [-0.15, -0.1) is 25.5 Å². The van der Waals surface area contributed by atoms with E-state index in [2.05, 4.69) is 72.5 Å². The van der Waals surface area contributed by atoms with Crippen molar-refractivity contribution < 1.29 is 42.7 Å². The van der Waals surface area contributed by atoms with Gasteiger partial charge in [0, 0.05) is 71.4 Å². The molecule has 29 heteroatoms. The molecule has 8 rings (SSSR count). The number of nitrogen functional groups attached to an aromatic ring is 1. The van der Waals surface area contributed by atoms with Gasteiger partial charge in [0.15, 0.2) is 21.9 Å². The smallest absolute Gasteiger partial charge is 0.352 e. The van der Waals surface area contributed by atoms with E-state index in [1.165, 1.54) is 51.5 Å². The standard InChI is InChI=1S/C17H15ClFN5O2.C10H10ClN5O2.C7H5BrClF.C6H8N2O3.C4H4ClN3/c1-24-16(25)7-5-14(23-24)17(26)20-15-6-3-11(21-22-15)8-10-2-4-13(19)12(18)9-10;1-16-9(17)5-2-6(15-16)10(18)12-8-4-3-7(11)13-14-8;8-4-5-1-2-7(10)6(9)3-5;1-8-5(9)3-2-4(7-8)6(10)11;5-3-1-2-4(6)8-7-3/h2-4,6,9H,5,7-8H2,1H3,(H,20,22,26);3-4H,2,5H2,1H3,(H,12,14,18);1-3H,4H2;2-3H2,1H3,(H,10,11);1-2H,(H2,6,8). The maximum atomic E-state index is 13.2. The Morgan fingerprint density at radius 1 is 0.589 bits per heavy atom. The normalized spacial score (nSPS) is 13.9. The van der Waals surface area contributed by atoms with Crippen LogP contribution >= 0.6 is 62.3 Å². The van der Waals surface area contributed by atoms with Crippen LogP contribution in [0.4, 0.5) is 26.2 Å². The van der Waals surface area contributed by atoms with Gasteiger partial charge in [-0.25, -0.2) is 28.6 Å². The summed E-state index contributed by atoms with van der Waals surface area (Å²) in [5, 5.41) is 52.2. The zero-order valence-electron chi connectivity index (χ0n) is 38.6. The number of benzene rings is 2. The zero-order valence-corrected chi connectivity index (χ0v) is 43.2. The molecule has 0 fully saturated rings. The van der Waals surface area contributed by atoms with Gasteiger partial charge < -0.3 is 21.5 Å². The highest BCUT2D eigenvalue weighted by Gasteiger charge is 2.24. The van der Waals surface area contributed by atoms with Crippen LogP contribution in [0.15, 0.2) is 88.1 Å². The summed E-state index contributed by atoms with van der Waals surface area (Å²) >= 11 is 25.5. The number of hydrazone groups is 3. The number of halogens is 7. The second kappa shape index (κ2) is 28.7. The van der Waals surface area contributed by atoms with Crippen molar-refractivity contribution in [3.8, 4) is 0 Å².